The van der Waals surface area contributed by atoms with E-state index in [1.54, 1.807) is 0 Å². The third-order valence-corrected chi connectivity index (χ3v) is 3.02. The van der Waals surface area contributed by atoms with E-state index in [4.69, 9.17) is 0 Å². The van der Waals surface area contributed by atoms with Crippen molar-refractivity contribution in [1.82, 2.24) is 10.3 Å². The van der Waals surface area contributed by atoms with Crippen molar-refractivity contribution in [2.75, 3.05) is 31.1 Å². The minimum absolute atomic E-state index is 0. The van der Waals surface area contributed by atoms with E-state index in [1.165, 1.54) is 16.6 Å². The summed E-state index contributed by atoms with van der Waals surface area (Å²) in [5.41, 5.74) is 2.60. The van der Waals surface area contributed by atoms with E-state index in [0.29, 0.717) is 0 Å². The van der Waals surface area contributed by atoms with Crippen LogP contribution in [-0.4, -0.2) is 31.2 Å². The number of H-pyrrole nitrogens is 1. The van der Waals surface area contributed by atoms with E-state index in [2.05, 4.69) is 39.5 Å². The number of hydrogen-bond donors (Lipinski definition) is 2. The van der Waals surface area contributed by atoms with E-state index < -0.39 is 0 Å². The molecule has 2 aromatic rings. The highest BCUT2D eigenvalue weighted by Crippen LogP contribution is 2.25. The molecule has 0 saturated carbocycles. The Balaban J connectivity index is 0.000000722. The molecule has 0 unspecified atom stereocenters. The molecule has 2 heterocycles. The first-order chi connectivity index (χ1) is 7.45. The highest BCUT2D eigenvalue weighted by molar-refractivity contribution is 5.91. The number of rotatable bonds is 1. The van der Waals surface area contributed by atoms with Crippen LogP contribution in [0, 0.1) is 0 Å². The number of nitrogens with one attached hydrogen (secondary N) is 2. The summed E-state index contributed by atoms with van der Waals surface area (Å²) >= 11 is 0. The molecule has 0 bridgehead atoms. The molecule has 1 aromatic heterocycles. The second-order valence-electron chi connectivity index (χ2n) is 3.96. The molecule has 1 fully saturated rings. The van der Waals surface area contributed by atoms with Gasteiger partial charge in [-0.3, -0.25) is 0 Å². The summed E-state index contributed by atoms with van der Waals surface area (Å²) in [4.78, 5) is 5.76. The number of fused-ring (bicyclic) bond motifs is 1. The number of anilines is 1. The van der Waals surface area contributed by atoms with E-state index in [-0.39, 0.29) is 24.8 Å². The van der Waals surface area contributed by atoms with Crippen molar-refractivity contribution in [3.63, 3.8) is 0 Å². The van der Waals surface area contributed by atoms with E-state index >= 15 is 0 Å². The maximum atomic E-state index is 3.37. The van der Waals surface area contributed by atoms with Gasteiger partial charge in [0.15, 0.2) is 0 Å². The Kier molecular flexibility index (Phi) is 5.12. The first kappa shape index (κ1) is 14.2. The van der Waals surface area contributed by atoms with Gasteiger partial charge in [-0.15, -0.1) is 24.8 Å². The molecule has 3 nitrogen and oxygen atoms in total. The highest BCUT2D eigenvalue weighted by atomic mass is 35.5. The fourth-order valence-electron chi connectivity index (χ4n) is 2.24. The lowest BCUT2D eigenvalue weighted by Crippen LogP contribution is -2.43. The maximum absolute atomic E-state index is 3.37. The minimum Gasteiger partial charge on any atom is -0.367 e. The summed E-state index contributed by atoms with van der Waals surface area (Å²) in [6.07, 6.45) is 2.01. The van der Waals surface area contributed by atoms with Crippen molar-refractivity contribution in [3.8, 4) is 0 Å². The average molecular weight is 274 g/mol. The van der Waals surface area contributed by atoms with Crippen LogP contribution >= 0.6 is 24.8 Å². The maximum Gasteiger partial charge on any atom is 0.0691 e. The molecule has 0 spiro atoms. The van der Waals surface area contributed by atoms with Crippen molar-refractivity contribution in [3.05, 3.63) is 30.5 Å². The second kappa shape index (κ2) is 6.15. The molecule has 0 aliphatic carbocycles. The normalized spacial score (nSPS) is 15.2. The molecule has 1 saturated heterocycles. The molecule has 3 rings (SSSR count). The molecular weight excluding hydrogens is 257 g/mol. The van der Waals surface area contributed by atoms with Crippen LogP contribution in [-0.2, 0) is 0 Å². The molecule has 0 atom stereocenters. The van der Waals surface area contributed by atoms with Crippen LogP contribution in [0.25, 0.3) is 10.9 Å². The molecule has 1 aliphatic heterocycles. The Labute approximate surface area is 113 Å². The smallest absolute Gasteiger partial charge is 0.0691 e. The number of halogens is 2. The van der Waals surface area contributed by atoms with Crippen molar-refractivity contribution in [2.24, 2.45) is 0 Å². The molecule has 2 N–H and O–H groups in total. The highest BCUT2D eigenvalue weighted by Gasteiger charge is 2.12. The molecule has 17 heavy (non-hydrogen) atoms. The summed E-state index contributed by atoms with van der Waals surface area (Å²) < 4.78 is 0. The lowest BCUT2D eigenvalue weighted by atomic mass is 10.2. The third-order valence-electron chi connectivity index (χ3n) is 3.02. The van der Waals surface area contributed by atoms with Crippen molar-refractivity contribution in [1.29, 1.82) is 0 Å². The van der Waals surface area contributed by atoms with E-state index in [9.17, 15) is 0 Å². The average Bonchev–Trinajstić information content (AvgIpc) is 2.78. The number of piperazine rings is 1. The van der Waals surface area contributed by atoms with Crippen molar-refractivity contribution in [2.45, 2.75) is 0 Å². The van der Waals surface area contributed by atoms with Crippen LogP contribution in [0.3, 0.4) is 0 Å². The lowest BCUT2D eigenvalue weighted by molar-refractivity contribution is 0.590. The number of hydrogen-bond acceptors (Lipinski definition) is 2. The summed E-state index contributed by atoms with van der Waals surface area (Å²) in [5.74, 6) is 0. The van der Waals surface area contributed by atoms with Gasteiger partial charge in [-0.25, -0.2) is 0 Å². The fraction of sp³-hybridized carbons (Fsp3) is 0.333. The molecular formula is C12H17Cl2N3. The van der Waals surface area contributed by atoms with Gasteiger partial charge in [-0.1, -0.05) is 12.1 Å². The van der Waals surface area contributed by atoms with Crippen LogP contribution in [0.15, 0.2) is 30.5 Å². The number of para-hydroxylation sites is 1. The van der Waals surface area contributed by atoms with Crippen LogP contribution in [0.1, 0.15) is 0 Å². The van der Waals surface area contributed by atoms with Crippen LogP contribution < -0.4 is 10.2 Å². The minimum atomic E-state index is 0. The molecule has 1 aromatic carbocycles. The molecule has 5 heteroatoms. The van der Waals surface area contributed by atoms with Gasteiger partial charge in [-0.05, 0) is 12.1 Å². The quantitative estimate of drug-likeness (QED) is 0.836. The molecule has 0 amide bonds. The Morgan fingerprint density at radius 2 is 1.76 bits per heavy atom. The standard InChI is InChI=1S/C12H15N3.2ClH/c1-2-10-4-5-14-12(10)11(3-1)15-8-6-13-7-9-15;;/h1-5,13-14H,6-9H2;2*1H. The van der Waals surface area contributed by atoms with Gasteiger partial charge >= 0.3 is 0 Å². The monoisotopic (exact) mass is 273 g/mol. The third kappa shape index (κ3) is 2.68. The van der Waals surface area contributed by atoms with E-state index in [1.807, 2.05) is 6.20 Å². The molecule has 94 valence electrons. The van der Waals surface area contributed by atoms with Gasteiger partial charge in [0.2, 0.25) is 0 Å². The van der Waals surface area contributed by atoms with Gasteiger partial charge in [0.1, 0.15) is 0 Å². The topological polar surface area (TPSA) is 31.1 Å². The van der Waals surface area contributed by atoms with E-state index in [0.717, 1.165) is 26.2 Å². The van der Waals surface area contributed by atoms with Gasteiger partial charge in [0.05, 0.1) is 11.2 Å². The SMILES string of the molecule is Cl.Cl.c1cc(N2CCNCC2)c2[nH]ccc2c1. The van der Waals surface area contributed by atoms with Gasteiger partial charge in [-0.2, -0.15) is 0 Å². The molecule has 0 radical (unpaired) electrons. The zero-order chi connectivity index (χ0) is 10.1. The Morgan fingerprint density at radius 3 is 2.53 bits per heavy atom. The van der Waals surface area contributed by atoms with Crippen LogP contribution in [0.2, 0.25) is 0 Å². The van der Waals surface area contributed by atoms with Crippen molar-refractivity contribution < 1.29 is 0 Å². The Hall–Kier alpha value is -0.900. The van der Waals surface area contributed by atoms with Crippen molar-refractivity contribution >= 4 is 41.4 Å². The number of aromatic amines is 1. The predicted molar refractivity (Wildman–Crippen MR) is 77.9 cm³/mol. The summed E-state index contributed by atoms with van der Waals surface area (Å²) in [6, 6.07) is 8.61. The summed E-state index contributed by atoms with van der Waals surface area (Å²) in [7, 11) is 0. The second-order valence-corrected chi connectivity index (χ2v) is 3.96. The lowest BCUT2D eigenvalue weighted by Gasteiger charge is -2.29. The fourth-order valence-corrected chi connectivity index (χ4v) is 2.24. The summed E-state index contributed by atoms with van der Waals surface area (Å²) in [6.45, 7) is 4.35. The number of aromatic nitrogens is 1. The van der Waals surface area contributed by atoms with Gasteiger partial charge in [0, 0.05) is 37.8 Å². The number of benzene rings is 1. The molecule has 1 aliphatic rings. The zero-order valence-electron chi connectivity index (χ0n) is 9.48. The first-order valence-electron chi connectivity index (χ1n) is 5.47. The zero-order valence-corrected chi connectivity index (χ0v) is 11.1. The largest absolute Gasteiger partial charge is 0.367 e. The summed E-state index contributed by atoms with van der Waals surface area (Å²) in [5, 5.41) is 4.67. The van der Waals surface area contributed by atoms with Crippen LogP contribution in [0.4, 0.5) is 5.69 Å². The Morgan fingerprint density at radius 1 is 1.00 bits per heavy atom. The van der Waals surface area contributed by atoms with Gasteiger partial charge < -0.3 is 15.2 Å². The van der Waals surface area contributed by atoms with Gasteiger partial charge in [0.25, 0.3) is 0 Å². The first-order valence-corrected chi connectivity index (χ1v) is 5.47. The van der Waals surface area contributed by atoms with Crippen LogP contribution in [0.5, 0.6) is 0 Å². The number of nitrogens with zero attached hydrogens (tertiary/aromatic N) is 1. The predicted octanol–water partition coefficient (Wildman–Crippen LogP) is 2.42. The Bertz CT molecular complexity index is 463.